The Balaban J connectivity index is 1.23. The molecule has 0 saturated carbocycles. The van der Waals surface area contributed by atoms with E-state index in [2.05, 4.69) is 20.8 Å². The Morgan fingerprint density at radius 3 is 2.50 bits per heavy atom. The minimum absolute atomic E-state index is 0.0843. The van der Waals surface area contributed by atoms with Gasteiger partial charge in [0, 0.05) is 18.7 Å². The van der Waals surface area contributed by atoms with Crippen LogP contribution in [-0.2, 0) is 11.3 Å². The number of rotatable bonds is 5. The molecule has 1 aliphatic rings. The van der Waals surface area contributed by atoms with E-state index in [1.807, 2.05) is 30.3 Å². The molecule has 1 aromatic heterocycles. The molecule has 0 aliphatic carbocycles. The molecule has 1 saturated heterocycles. The number of alkyl carbamates (subject to hydrolysis) is 1. The number of benzene rings is 2. The van der Waals surface area contributed by atoms with Crippen LogP contribution in [0.15, 0.2) is 60.9 Å². The molecule has 2 amide bonds. The van der Waals surface area contributed by atoms with Gasteiger partial charge in [-0.05, 0) is 40.3 Å². The Bertz CT molecular complexity index is 938. The molecule has 0 unspecified atom stereocenters. The van der Waals surface area contributed by atoms with Crippen molar-refractivity contribution in [3.63, 3.8) is 0 Å². The number of tetrazole rings is 1. The number of hydrogen-bond donors (Lipinski definition) is 1. The molecule has 1 aliphatic heterocycles. The van der Waals surface area contributed by atoms with Crippen molar-refractivity contribution in [2.75, 3.05) is 13.1 Å². The molecule has 3 aromatic rings. The summed E-state index contributed by atoms with van der Waals surface area (Å²) in [5.74, 6) is -0.0843. The fraction of sp³-hybridized carbons (Fsp3) is 0.211. The van der Waals surface area contributed by atoms with Crippen molar-refractivity contribution in [1.29, 1.82) is 0 Å². The first-order chi connectivity index (χ1) is 13.7. The number of carbonyl (C=O) groups is 2. The smallest absolute Gasteiger partial charge is 0.407 e. The molecule has 0 bridgehead atoms. The quantitative estimate of drug-likeness (QED) is 0.720. The summed E-state index contributed by atoms with van der Waals surface area (Å²) in [6.07, 6.45) is 1.01. The normalized spacial score (nSPS) is 13.6. The van der Waals surface area contributed by atoms with E-state index in [-0.39, 0.29) is 18.6 Å². The Labute approximate surface area is 160 Å². The van der Waals surface area contributed by atoms with Crippen LogP contribution in [0.25, 0.3) is 5.69 Å². The minimum atomic E-state index is -0.480. The van der Waals surface area contributed by atoms with Crippen LogP contribution in [0.1, 0.15) is 15.9 Å². The second-order valence-corrected chi connectivity index (χ2v) is 6.41. The van der Waals surface area contributed by atoms with Crippen molar-refractivity contribution in [1.82, 2.24) is 30.4 Å². The van der Waals surface area contributed by atoms with Gasteiger partial charge in [-0.1, -0.05) is 30.3 Å². The van der Waals surface area contributed by atoms with Crippen LogP contribution < -0.4 is 5.32 Å². The van der Waals surface area contributed by atoms with E-state index < -0.39 is 6.09 Å². The van der Waals surface area contributed by atoms with E-state index in [0.717, 1.165) is 11.3 Å². The zero-order valence-electron chi connectivity index (χ0n) is 14.9. The van der Waals surface area contributed by atoms with E-state index >= 15 is 0 Å². The van der Waals surface area contributed by atoms with Crippen molar-refractivity contribution < 1.29 is 14.3 Å². The lowest BCUT2D eigenvalue weighted by Gasteiger charge is -2.39. The molecule has 1 N–H and O–H groups in total. The van der Waals surface area contributed by atoms with Gasteiger partial charge >= 0.3 is 6.09 Å². The maximum atomic E-state index is 12.5. The van der Waals surface area contributed by atoms with Gasteiger partial charge in [0.1, 0.15) is 12.9 Å². The molecule has 28 heavy (non-hydrogen) atoms. The summed E-state index contributed by atoms with van der Waals surface area (Å²) in [4.78, 5) is 26.0. The van der Waals surface area contributed by atoms with Crippen LogP contribution in [-0.4, -0.2) is 56.2 Å². The molecule has 9 heteroatoms. The van der Waals surface area contributed by atoms with Crippen LogP contribution in [0.5, 0.6) is 0 Å². The molecule has 1 fully saturated rings. The van der Waals surface area contributed by atoms with E-state index in [1.54, 1.807) is 29.2 Å². The average molecular weight is 378 g/mol. The maximum Gasteiger partial charge on any atom is 0.407 e. The zero-order valence-corrected chi connectivity index (χ0v) is 14.9. The first-order valence-electron chi connectivity index (χ1n) is 8.79. The van der Waals surface area contributed by atoms with Crippen molar-refractivity contribution in [2.45, 2.75) is 12.6 Å². The fourth-order valence-corrected chi connectivity index (χ4v) is 2.89. The van der Waals surface area contributed by atoms with Crippen molar-refractivity contribution >= 4 is 12.0 Å². The number of aromatic nitrogens is 4. The van der Waals surface area contributed by atoms with Crippen molar-refractivity contribution in [3.05, 3.63) is 72.1 Å². The van der Waals surface area contributed by atoms with Gasteiger partial charge in [-0.25, -0.2) is 9.48 Å². The van der Waals surface area contributed by atoms with Gasteiger partial charge in [0.15, 0.2) is 0 Å². The van der Waals surface area contributed by atoms with Crippen molar-refractivity contribution in [2.24, 2.45) is 0 Å². The minimum Gasteiger partial charge on any atom is -0.445 e. The van der Waals surface area contributed by atoms with Crippen LogP contribution in [0.4, 0.5) is 4.79 Å². The molecular weight excluding hydrogens is 360 g/mol. The second kappa shape index (κ2) is 7.87. The third kappa shape index (κ3) is 3.98. The zero-order chi connectivity index (χ0) is 19.3. The number of nitrogens with one attached hydrogen (secondary N) is 1. The molecular formula is C19H18N6O3. The lowest BCUT2D eigenvalue weighted by Crippen LogP contribution is -2.61. The number of ether oxygens (including phenoxy) is 1. The first-order valence-corrected chi connectivity index (χ1v) is 8.79. The monoisotopic (exact) mass is 378 g/mol. The Morgan fingerprint density at radius 2 is 1.82 bits per heavy atom. The predicted molar refractivity (Wildman–Crippen MR) is 98.6 cm³/mol. The summed E-state index contributed by atoms with van der Waals surface area (Å²) >= 11 is 0. The molecule has 4 rings (SSSR count). The van der Waals surface area contributed by atoms with Crippen LogP contribution in [0.3, 0.4) is 0 Å². The molecule has 142 valence electrons. The summed E-state index contributed by atoms with van der Waals surface area (Å²) in [6, 6.07) is 16.4. The van der Waals surface area contributed by atoms with E-state index in [9.17, 15) is 9.59 Å². The number of hydrogen-bond acceptors (Lipinski definition) is 6. The largest absolute Gasteiger partial charge is 0.445 e. The first kappa shape index (κ1) is 17.7. The van der Waals surface area contributed by atoms with Crippen LogP contribution >= 0.6 is 0 Å². The van der Waals surface area contributed by atoms with Gasteiger partial charge in [-0.3, -0.25) is 4.79 Å². The highest BCUT2D eigenvalue weighted by Crippen LogP contribution is 2.15. The van der Waals surface area contributed by atoms with Crippen LogP contribution in [0, 0.1) is 0 Å². The lowest BCUT2D eigenvalue weighted by molar-refractivity contribution is 0.0545. The molecule has 9 nitrogen and oxygen atoms in total. The molecule has 0 radical (unpaired) electrons. The third-order valence-corrected chi connectivity index (χ3v) is 4.43. The molecule has 2 aromatic carbocycles. The maximum absolute atomic E-state index is 12.5. The standard InChI is InChI=1S/C19H18N6O3/c26-18(15-6-8-17(9-7-15)25-13-20-22-23-25)24-10-16(11-24)21-19(27)28-12-14-4-2-1-3-5-14/h1-9,13,16H,10-12H2,(H,21,27). The van der Waals surface area contributed by atoms with Gasteiger partial charge in [-0.2, -0.15) is 0 Å². The van der Waals surface area contributed by atoms with Crippen LogP contribution in [0.2, 0.25) is 0 Å². The van der Waals surface area contributed by atoms with Gasteiger partial charge in [0.2, 0.25) is 0 Å². The molecule has 2 heterocycles. The number of carbonyl (C=O) groups excluding carboxylic acids is 2. The number of likely N-dealkylation sites (tertiary alicyclic amines) is 1. The Kier molecular flexibility index (Phi) is 4.96. The lowest BCUT2D eigenvalue weighted by atomic mass is 10.1. The highest BCUT2D eigenvalue weighted by atomic mass is 16.5. The summed E-state index contributed by atoms with van der Waals surface area (Å²) in [7, 11) is 0. The van der Waals surface area contributed by atoms with Gasteiger partial charge in [-0.15, -0.1) is 5.10 Å². The van der Waals surface area contributed by atoms with E-state index in [4.69, 9.17) is 4.74 Å². The van der Waals surface area contributed by atoms with E-state index in [0.29, 0.717) is 18.7 Å². The number of nitrogens with zero attached hydrogens (tertiary/aromatic N) is 5. The summed E-state index contributed by atoms with van der Waals surface area (Å²) in [5.41, 5.74) is 2.26. The predicted octanol–water partition coefficient (Wildman–Crippen LogP) is 1.41. The topological polar surface area (TPSA) is 102 Å². The van der Waals surface area contributed by atoms with Crippen molar-refractivity contribution in [3.8, 4) is 5.69 Å². The summed E-state index contributed by atoms with van der Waals surface area (Å²) < 4.78 is 6.70. The second-order valence-electron chi connectivity index (χ2n) is 6.41. The van der Waals surface area contributed by atoms with Gasteiger partial charge in [0.05, 0.1) is 11.7 Å². The Hall–Kier alpha value is -3.75. The Morgan fingerprint density at radius 1 is 1.07 bits per heavy atom. The van der Waals surface area contributed by atoms with Gasteiger partial charge in [0.25, 0.3) is 5.91 Å². The number of amides is 2. The molecule has 0 spiro atoms. The third-order valence-electron chi connectivity index (χ3n) is 4.43. The highest BCUT2D eigenvalue weighted by molar-refractivity contribution is 5.95. The highest BCUT2D eigenvalue weighted by Gasteiger charge is 2.32. The summed E-state index contributed by atoms with van der Waals surface area (Å²) in [5, 5.41) is 13.7. The van der Waals surface area contributed by atoms with E-state index in [1.165, 1.54) is 11.0 Å². The average Bonchev–Trinajstić information content (AvgIpc) is 3.24. The molecule has 0 atom stereocenters. The summed E-state index contributed by atoms with van der Waals surface area (Å²) in [6.45, 7) is 1.12. The SMILES string of the molecule is O=C(NC1CN(C(=O)c2ccc(-n3cnnn3)cc2)C1)OCc1ccccc1. The fourth-order valence-electron chi connectivity index (χ4n) is 2.89. The van der Waals surface area contributed by atoms with Gasteiger partial charge < -0.3 is 15.0 Å².